The van der Waals surface area contributed by atoms with Crippen LogP contribution in [0.5, 0.6) is 0 Å². The van der Waals surface area contributed by atoms with Crippen molar-refractivity contribution in [2.45, 2.75) is 77.2 Å². The second-order valence-electron chi connectivity index (χ2n) is 10.3. The van der Waals surface area contributed by atoms with Crippen LogP contribution in [-0.2, 0) is 4.74 Å². The van der Waals surface area contributed by atoms with Crippen molar-refractivity contribution in [1.82, 2.24) is 0 Å². The van der Waals surface area contributed by atoms with Crippen LogP contribution in [0.2, 0.25) is 0 Å². The molecule has 0 aromatic heterocycles. The number of rotatable bonds is 0. The number of fused-ring (bicyclic) bond motifs is 1. The molecule has 4 bridgehead atoms. The van der Waals surface area contributed by atoms with Crippen LogP contribution in [0.3, 0.4) is 0 Å². The molecule has 7 atom stereocenters. The molecule has 0 radical (unpaired) electrons. The molecule has 5 fully saturated rings. The van der Waals surface area contributed by atoms with Gasteiger partial charge in [0.1, 0.15) is 0 Å². The first kappa shape index (κ1) is 14.3. The van der Waals surface area contributed by atoms with Crippen molar-refractivity contribution in [3.63, 3.8) is 0 Å². The van der Waals surface area contributed by atoms with Crippen molar-refractivity contribution < 1.29 is 9.84 Å². The van der Waals surface area contributed by atoms with E-state index >= 15 is 0 Å². The van der Waals surface area contributed by atoms with E-state index in [2.05, 4.69) is 13.8 Å². The summed E-state index contributed by atoms with van der Waals surface area (Å²) >= 11 is 0. The standard InChI is InChI=1S/C20H32O2/c1-17-7-3-8-20(13-22-12-17)15(17)6-9-19-10-14(4-5-16(19)20)18(2,21)11-19/h14-16,21H,3-13H2,1-2H3/t14-,15+,16+,17-,18+,19?,20-/m1/s1. The molecule has 0 aromatic rings. The summed E-state index contributed by atoms with van der Waals surface area (Å²) in [7, 11) is 0. The molecule has 4 saturated carbocycles. The summed E-state index contributed by atoms with van der Waals surface area (Å²) in [6.45, 7) is 6.66. The molecule has 1 spiro atoms. The maximum absolute atomic E-state index is 10.9. The lowest BCUT2D eigenvalue weighted by atomic mass is 9.40. The summed E-state index contributed by atoms with van der Waals surface area (Å²) in [6.07, 6.45) is 11.9. The molecule has 2 nitrogen and oxygen atoms in total. The third-order valence-corrected chi connectivity index (χ3v) is 9.14. The van der Waals surface area contributed by atoms with Gasteiger partial charge in [-0.1, -0.05) is 13.3 Å². The molecule has 124 valence electrons. The molecule has 0 amide bonds. The Kier molecular flexibility index (Phi) is 2.67. The molecule has 2 heteroatoms. The summed E-state index contributed by atoms with van der Waals surface area (Å²) in [5, 5.41) is 10.9. The lowest BCUT2D eigenvalue weighted by molar-refractivity contribution is -0.238. The molecule has 5 rings (SSSR count). The molecule has 1 aliphatic heterocycles. The van der Waals surface area contributed by atoms with E-state index in [0.29, 0.717) is 22.2 Å². The lowest BCUT2D eigenvalue weighted by Gasteiger charge is -2.67. The Morgan fingerprint density at radius 1 is 0.955 bits per heavy atom. The summed E-state index contributed by atoms with van der Waals surface area (Å²) in [6, 6.07) is 0. The average molecular weight is 304 g/mol. The highest BCUT2D eigenvalue weighted by Crippen LogP contribution is 2.73. The van der Waals surface area contributed by atoms with Gasteiger partial charge in [0.05, 0.1) is 18.8 Å². The summed E-state index contributed by atoms with van der Waals surface area (Å²) in [5.74, 6) is 2.28. The van der Waals surface area contributed by atoms with E-state index in [4.69, 9.17) is 4.74 Å². The highest BCUT2D eigenvalue weighted by molar-refractivity contribution is 5.18. The average Bonchev–Trinajstić information content (AvgIpc) is 2.62. The van der Waals surface area contributed by atoms with Gasteiger partial charge in [-0.25, -0.2) is 0 Å². The Bertz CT molecular complexity index is 486. The molecule has 1 unspecified atom stereocenters. The maximum atomic E-state index is 10.9. The Morgan fingerprint density at radius 2 is 1.82 bits per heavy atom. The van der Waals surface area contributed by atoms with Crippen molar-refractivity contribution in [1.29, 1.82) is 0 Å². The van der Waals surface area contributed by atoms with Crippen molar-refractivity contribution in [3.05, 3.63) is 0 Å². The van der Waals surface area contributed by atoms with Crippen molar-refractivity contribution in [2.24, 2.45) is 34.0 Å². The van der Waals surface area contributed by atoms with Crippen molar-refractivity contribution >= 4 is 0 Å². The van der Waals surface area contributed by atoms with E-state index in [0.717, 1.165) is 31.5 Å². The quantitative estimate of drug-likeness (QED) is 0.728. The highest BCUT2D eigenvalue weighted by Gasteiger charge is 2.69. The first-order chi connectivity index (χ1) is 10.4. The fourth-order valence-corrected chi connectivity index (χ4v) is 8.52. The first-order valence-electron chi connectivity index (χ1n) is 9.71. The third-order valence-electron chi connectivity index (χ3n) is 9.14. The van der Waals surface area contributed by atoms with Gasteiger partial charge in [0.15, 0.2) is 0 Å². The zero-order valence-corrected chi connectivity index (χ0v) is 14.4. The Balaban J connectivity index is 1.59. The minimum Gasteiger partial charge on any atom is -0.390 e. The van der Waals surface area contributed by atoms with E-state index in [1.807, 2.05) is 0 Å². The van der Waals surface area contributed by atoms with E-state index in [1.54, 1.807) is 0 Å². The summed E-state index contributed by atoms with van der Waals surface area (Å²) in [5.41, 5.74) is 0.943. The second kappa shape index (κ2) is 4.11. The van der Waals surface area contributed by atoms with Crippen molar-refractivity contribution in [3.8, 4) is 0 Å². The maximum Gasteiger partial charge on any atom is 0.0653 e. The monoisotopic (exact) mass is 304 g/mol. The largest absolute Gasteiger partial charge is 0.390 e. The van der Waals surface area contributed by atoms with Crippen LogP contribution in [0.25, 0.3) is 0 Å². The second-order valence-corrected chi connectivity index (χ2v) is 10.3. The zero-order valence-electron chi connectivity index (χ0n) is 14.4. The SMILES string of the molecule is C[C@@]12CCC[C@]3(COC1)[C@H]1CC[C@@H]4CC1(CC[C@@H]23)C[C@]4(C)O. The van der Waals surface area contributed by atoms with Crippen LogP contribution in [-0.4, -0.2) is 23.9 Å². The molecule has 1 saturated heterocycles. The van der Waals surface area contributed by atoms with Crippen LogP contribution in [0, 0.1) is 34.0 Å². The van der Waals surface area contributed by atoms with Gasteiger partial charge in [0.25, 0.3) is 0 Å². The van der Waals surface area contributed by atoms with Gasteiger partial charge in [-0.3, -0.25) is 0 Å². The van der Waals surface area contributed by atoms with Gasteiger partial charge in [0, 0.05) is 5.41 Å². The zero-order chi connectivity index (χ0) is 15.2. The number of hydrogen-bond donors (Lipinski definition) is 1. The van der Waals surface area contributed by atoms with Gasteiger partial charge < -0.3 is 9.84 Å². The predicted molar refractivity (Wildman–Crippen MR) is 86.4 cm³/mol. The summed E-state index contributed by atoms with van der Waals surface area (Å²) in [4.78, 5) is 0. The van der Waals surface area contributed by atoms with Crippen LogP contribution in [0.1, 0.15) is 71.6 Å². The molecule has 0 aromatic carbocycles. The van der Waals surface area contributed by atoms with Crippen LogP contribution < -0.4 is 0 Å². The van der Waals surface area contributed by atoms with E-state index in [-0.39, 0.29) is 0 Å². The van der Waals surface area contributed by atoms with Crippen molar-refractivity contribution in [2.75, 3.05) is 13.2 Å². The lowest BCUT2D eigenvalue weighted by Crippen LogP contribution is -2.63. The predicted octanol–water partition coefficient (Wildman–Crippen LogP) is 4.16. The molecule has 5 aliphatic rings. The fourth-order valence-electron chi connectivity index (χ4n) is 8.52. The first-order valence-corrected chi connectivity index (χ1v) is 9.71. The molecule has 1 heterocycles. The number of aliphatic hydroxyl groups is 1. The molecule has 4 aliphatic carbocycles. The van der Waals surface area contributed by atoms with Gasteiger partial charge in [0.2, 0.25) is 0 Å². The van der Waals surface area contributed by atoms with Gasteiger partial charge >= 0.3 is 0 Å². The molecular weight excluding hydrogens is 272 g/mol. The third kappa shape index (κ3) is 1.55. The minimum atomic E-state index is -0.397. The van der Waals surface area contributed by atoms with Crippen LogP contribution in [0.15, 0.2) is 0 Å². The molecule has 1 N–H and O–H groups in total. The summed E-state index contributed by atoms with van der Waals surface area (Å²) < 4.78 is 6.24. The minimum absolute atomic E-state index is 0.397. The molecule has 22 heavy (non-hydrogen) atoms. The van der Waals surface area contributed by atoms with E-state index in [9.17, 15) is 5.11 Å². The number of ether oxygens (including phenoxy) is 1. The van der Waals surface area contributed by atoms with Gasteiger partial charge in [-0.15, -0.1) is 0 Å². The normalized spacial score (nSPS) is 63.1. The fraction of sp³-hybridized carbons (Fsp3) is 1.00. The number of hydrogen-bond acceptors (Lipinski definition) is 2. The van der Waals surface area contributed by atoms with Gasteiger partial charge in [-0.05, 0) is 86.9 Å². The van der Waals surface area contributed by atoms with Gasteiger partial charge in [-0.2, -0.15) is 0 Å². The Hall–Kier alpha value is -0.0800. The van der Waals surface area contributed by atoms with Crippen LogP contribution >= 0.6 is 0 Å². The van der Waals surface area contributed by atoms with E-state index in [1.165, 1.54) is 51.4 Å². The smallest absolute Gasteiger partial charge is 0.0653 e. The topological polar surface area (TPSA) is 29.5 Å². The molecular formula is C20H32O2. The van der Waals surface area contributed by atoms with Crippen LogP contribution in [0.4, 0.5) is 0 Å². The highest BCUT2D eigenvalue weighted by atomic mass is 16.5. The van der Waals surface area contributed by atoms with E-state index < -0.39 is 5.60 Å². The Morgan fingerprint density at radius 3 is 2.68 bits per heavy atom. The Labute approximate surface area is 135 Å².